The number of carbonyl (C=O) groups is 2. The van der Waals surface area contributed by atoms with Gasteiger partial charge in [-0.15, -0.1) is 11.3 Å². The third kappa shape index (κ3) is 9.07. The number of fused-ring (bicyclic) bond motifs is 3. The van der Waals surface area contributed by atoms with E-state index in [-0.39, 0.29) is 30.9 Å². The van der Waals surface area contributed by atoms with Crippen LogP contribution < -0.4 is 15.6 Å². The first-order valence-corrected chi connectivity index (χ1v) is 15.6. The van der Waals surface area contributed by atoms with Gasteiger partial charge >= 0.3 is 0 Å². The van der Waals surface area contributed by atoms with E-state index in [0.717, 1.165) is 27.7 Å². The molecule has 234 valence electrons. The Morgan fingerprint density at radius 3 is 2.28 bits per heavy atom. The molecule has 2 atom stereocenters. The molecule has 2 aliphatic rings. The van der Waals surface area contributed by atoms with Gasteiger partial charge in [-0.1, -0.05) is 23.7 Å². The van der Waals surface area contributed by atoms with E-state index in [0.29, 0.717) is 57.8 Å². The molecule has 1 unspecified atom stereocenters. The van der Waals surface area contributed by atoms with E-state index in [1.165, 1.54) is 17.4 Å². The largest absolute Gasteiger partial charge is 0.377 e. The molecule has 2 aromatic rings. The first-order valence-electron chi connectivity index (χ1n) is 14.4. The first kappa shape index (κ1) is 33.0. The Labute approximate surface area is 261 Å². The topological polar surface area (TPSA) is 123 Å². The summed E-state index contributed by atoms with van der Waals surface area (Å²) < 4.78 is 21.6. The van der Waals surface area contributed by atoms with Gasteiger partial charge in [-0.25, -0.2) is 0 Å². The second-order valence-corrected chi connectivity index (χ2v) is 11.9. The lowest BCUT2D eigenvalue weighted by Gasteiger charge is -2.24. The van der Waals surface area contributed by atoms with Crippen LogP contribution in [0.1, 0.15) is 41.8 Å². The predicted octanol–water partition coefficient (Wildman–Crippen LogP) is 3.47. The van der Waals surface area contributed by atoms with Crippen molar-refractivity contribution in [2.45, 2.75) is 46.3 Å². The van der Waals surface area contributed by atoms with Gasteiger partial charge in [0.05, 0.1) is 58.4 Å². The van der Waals surface area contributed by atoms with Crippen LogP contribution in [0, 0.1) is 13.8 Å². The molecule has 2 aliphatic heterocycles. The summed E-state index contributed by atoms with van der Waals surface area (Å²) in [4.78, 5) is 32.4. The van der Waals surface area contributed by atoms with Gasteiger partial charge in [0.15, 0.2) is 11.6 Å². The van der Waals surface area contributed by atoms with Crippen molar-refractivity contribution < 1.29 is 28.5 Å². The van der Waals surface area contributed by atoms with Gasteiger partial charge in [0.2, 0.25) is 5.91 Å². The first-order chi connectivity index (χ1) is 20.8. The maximum Gasteiger partial charge on any atom is 0.222 e. The SMILES string of the molecule is CC(=O)COCCOCCOCCOCCNC(=O)C[C@@H]1N=C(c2ccc(Cl)cc2)c2c(sc(C)c2C)N2C1=NNC2C. The number of aliphatic imine (C=N–C) groups is 1. The molecule has 0 spiro atoms. The molecule has 13 heteroatoms. The zero-order chi connectivity index (χ0) is 30.8. The summed E-state index contributed by atoms with van der Waals surface area (Å²) in [7, 11) is 0. The van der Waals surface area contributed by atoms with Crippen molar-refractivity contribution in [3.05, 3.63) is 50.9 Å². The van der Waals surface area contributed by atoms with Gasteiger partial charge in [-0.3, -0.25) is 24.9 Å². The van der Waals surface area contributed by atoms with E-state index in [4.69, 9.17) is 35.5 Å². The highest BCUT2D eigenvalue weighted by Crippen LogP contribution is 2.41. The van der Waals surface area contributed by atoms with Crippen LogP contribution in [0.2, 0.25) is 5.02 Å². The number of hydrogen-bond donors (Lipinski definition) is 2. The minimum absolute atomic E-state index is 0.00870. The second kappa shape index (κ2) is 16.3. The van der Waals surface area contributed by atoms with E-state index in [1.54, 1.807) is 11.3 Å². The molecule has 0 fully saturated rings. The number of nitrogens with one attached hydrogen (secondary N) is 2. The highest BCUT2D eigenvalue weighted by atomic mass is 35.5. The standard InChI is InChI=1S/C30H40ClN5O6S/c1-19(37)18-42-16-15-41-14-13-40-12-11-39-10-9-32-26(38)17-25-29-35-34-22(4)36(29)30-27(20(2)21(3)43-30)28(33-25)23-5-7-24(31)8-6-23/h5-8,22,25,34H,9-18H2,1-4H3,(H,32,38)/t22?,25-/m0/s1. The number of ether oxygens (including phenoxy) is 4. The Balaban J connectivity index is 1.26. The summed E-state index contributed by atoms with van der Waals surface area (Å²) in [5.41, 5.74) is 7.19. The molecule has 0 radical (unpaired) electrons. The van der Waals surface area contributed by atoms with Crippen LogP contribution >= 0.6 is 22.9 Å². The summed E-state index contributed by atoms with van der Waals surface area (Å²) in [6.45, 7) is 11.1. The number of ketones is 1. The number of carbonyl (C=O) groups excluding carboxylic acids is 2. The maximum atomic E-state index is 13.0. The summed E-state index contributed by atoms with van der Waals surface area (Å²) >= 11 is 7.90. The number of aryl methyl sites for hydroxylation is 1. The fraction of sp³-hybridized carbons (Fsp3) is 0.533. The lowest BCUT2D eigenvalue weighted by Crippen LogP contribution is -2.43. The fourth-order valence-corrected chi connectivity index (χ4v) is 6.04. The van der Waals surface area contributed by atoms with E-state index < -0.39 is 6.04 Å². The third-order valence-electron chi connectivity index (χ3n) is 6.89. The number of hydrazone groups is 1. The van der Waals surface area contributed by atoms with E-state index in [9.17, 15) is 9.59 Å². The zero-order valence-electron chi connectivity index (χ0n) is 25.1. The van der Waals surface area contributed by atoms with Gasteiger partial charge < -0.3 is 24.3 Å². The number of halogens is 1. The van der Waals surface area contributed by atoms with Crippen molar-refractivity contribution in [2.24, 2.45) is 10.1 Å². The van der Waals surface area contributed by atoms with Crippen molar-refractivity contribution in [3.8, 4) is 0 Å². The molecule has 0 saturated heterocycles. The van der Waals surface area contributed by atoms with Crippen LogP contribution in [0.4, 0.5) is 5.00 Å². The van der Waals surface area contributed by atoms with Crippen molar-refractivity contribution in [2.75, 3.05) is 64.3 Å². The number of amides is 1. The number of benzene rings is 1. The highest BCUT2D eigenvalue weighted by molar-refractivity contribution is 7.17. The number of Topliss-reactive ketones (excluding diaryl/α,β-unsaturated/α-hetero) is 1. The Hall–Kier alpha value is -2.87. The fourth-order valence-electron chi connectivity index (χ4n) is 4.67. The minimum atomic E-state index is -0.473. The van der Waals surface area contributed by atoms with Gasteiger partial charge in [0.25, 0.3) is 0 Å². The molecular formula is C30H40ClN5O6S. The smallest absolute Gasteiger partial charge is 0.222 e. The average Bonchev–Trinajstić information content (AvgIpc) is 3.45. The van der Waals surface area contributed by atoms with Crippen LogP contribution in [-0.4, -0.2) is 94.8 Å². The zero-order valence-corrected chi connectivity index (χ0v) is 26.7. The average molecular weight is 634 g/mol. The van der Waals surface area contributed by atoms with Gasteiger partial charge in [-0.2, -0.15) is 5.10 Å². The van der Waals surface area contributed by atoms with Crippen LogP contribution in [0.3, 0.4) is 0 Å². The lowest BCUT2D eigenvalue weighted by molar-refractivity contribution is -0.122. The quantitative estimate of drug-likeness (QED) is 0.254. The van der Waals surface area contributed by atoms with E-state index in [2.05, 4.69) is 41.5 Å². The predicted molar refractivity (Wildman–Crippen MR) is 169 cm³/mol. The van der Waals surface area contributed by atoms with Gasteiger partial charge in [0.1, 0.15) is 23.8 Å². The molecule has 0 saturated carbocycles. The lowest BCUT2D eigenvalue weighted by atomic mass is 9.99. The number of hydrogen-bond acceptors (Lipinski definition) is 11. The second-order valence-electron chi connectivity index (χ2n) is 10.3. The number of thiophene rings is 1. The Bertz CT molecular complexity index is 1310. The molecule has 11 nitrogen and oxygen atoms in total. The number of nitrogens with zero attached hydrogens (tertiary/aromatic N) is 3. The van der Waals surface area contributed by atoms with E-state index >= 15 is 0 Å². The molecule has 0 bridgehead atoms. The van der Waals surface area contributed by atoms with Crippen molar-refractivity contribution in [1.82, 2.24) is 10.7 Å². The molecule has 0 aliphatic carbocycles. The molecule has 4 rings (SSSR count). The van der Waals surface area contributed by atoms with Crippen LogP contribution in [-0.2, 0) is 28.5 Å². The summed E-state index contributed by atoms with van der Waals surface area (Å²) in [5.74, 6) is 0.592. The molecule has 1 aromatic heterocycles. The minimum Gasteiger partial charge on any atom is -0.377 e. The molecule has 2 N–H and O–H groups in total. The molecule has 1 amide bonds. The van der Waals surface area contributed by atoms with Crippen molar-refractivity contribution >= 4 is 51.2 Å². The van der Waals surface area contributed by atoms with Crippen molar-refractivity contribution in [3.63, 3.8) is 0 Å². The van der Waals surface area contributed by atoms with Crippen LogP contribution in [0.15, 0.2) is 34.4 Å². The summed E-state index contributed by atoms with van der Waals surface area (Å²) in [6.07, 6.45) is 0.0851. The van der Waals surface area contributed by atoms with Crippen LogP contribution in [0.5, 0.6) is 0 Å². The Kier molecular flexibility index (Phi) is 12.5. The molecule has 3 heterocycles. The number of rotatable bonds is 17. The summed E-state index contributed by atoms with van der Waals surface area (Å²) in [6, 6.07) is 7.18. The third-order valence-corrected chi connectivity index (χ3v) is 8.35. The molecule has 43 heavy (non-hydrogen) atoms. The Morgan fingerprint density at radius 1 is 1.00 bits per heavy atom. The molecule has 1 aromatic carbocycles. The van der Waals surface area contributed by atoms with E-state index in [1.807, 2.05) is 24.3 Å². The van der Waals surface area contributed by atoms with Crippen LogP contribution in [0.25, 0.3) is 0 Å². The number of amidine groups is 1. The van der Waals surface area contributed by atoms with Gasteiger partial charge in [-0.05, 0) is 45.4 Å². The normalized spacial score (nSPS) is 17.5. The Morgan fingerprint density at radius 2 is 1.63 bits per heavy atom. The summed E-state index contributed by atoms with van der Waals surface area (Å²) in [5, 5.41) is 9.29. The monoisotopic (exact) mass is 633 g/mol. The maximum absolute atomic E-state index is 13.0. The van der Waals surface area contributed by atoms with Gasteiger partial charge in [0, 0.05) is 27.6 Å². The van der Waals surface area contributed by atoms with Crippen molar-refractivity contribution in [1.29, 1.82) is 0 Å². The molecular weight excluding hydrogens is 594 g/mol. The number of anilines is 1. The highest BCUT2D eigenvalue weighted by Gasteiger charge is 2.39.